The fraction of sp³-hybridized carbons (Fsp3) is 0.143. The average Bonchev–Trinajstić information content (AvgIpc) is 3.13. The first kappa shape index (κ1) is 23.5. The lowest BCUT2D eigenvalue weighted by Crippen LogP contribution is -2.43. The smallest absolute Gasteiger partial charge is 0.281 e. The van der Waals surface area contributed by atoms with Crippen molar-refractivity contribution >= 4 is 23.7 Å². The molecule has 0 spiro atoms. The fourth-order valence-electron chi connectivity index (χ4n) is 4.14. The van der Waals surface area contributed by atoms with E-state index in [1.165, 1.54) is 0 Å². The quantitative estimate of drug-likeness (QED) is 0.290. The molecule has 0 unspecified atom stereocenters. The molecule has 1 aromatic heterocycles. The van der Waals surface area contributed by atoms with Crippen molar-refractivity contribution in [2.75, 3.05) is 0 Å². The van der Waals surface area contributed by atoms with Crippen LogP contribution in [-0.2, 0) is 10.4 Å². The molecule has 5 nitrogen and oxygen atoms in total. The molecule has 0 aliphatic rings. The van der Waals surface area contributed by atoms with Crippen molar-refractivity contribution in [3.63, 3.8) is 0 Å². The van der Waals surface area contributed by atoms with E-state index in [0.717, 1.165) is 28.2 Å². The van der Waals surface area contributed by atoms with Gasteiger partial charge in [0.25, 0.3) is 5.91 Å². The predicted octanol–water partition coefficient (Wildman–Crippen LogP) is 5.44. The van der Waals surface area contributed by atoms with Crippen LogP contribution < -0.4 is 5.43 Å². The number of aryl methyl sites for hydroxylation is 2. The molecular formula is C28H26ClN3O2. The van der Waals surface area contributed by atoms with E-state index in [1.807, 2.05) is 57.2 Å². The number of amides is 1. The summed E-state index contributed by atoms with van der Waals surface area (Å²) in [6.45, 7) is 6.03. The second kappa shape index (κ2) is 9.67. The van der Waals surface area contributed by atoms with Crippen molar-refractivity contribution < 1.29 is 9.90 Å². The minimum Gasteiger partial charge on any atom is -0.372 e. The summed E-state index contributed by atoms with van der Waals surface area (Å²) in [6.07, 6.45) is 1.59. The topological polar surface area (TPSA) is 66.6 Å². The summed E-state index contributed by atoms with van der Waals surface area (Å²) < 4.78 is 2.11. The van der Waals surface area contributed by atoms with Gasteiger partial charge in [-0.15, -0.1) is 0 Å². The third kappa shape index (κ3) is 4.40. The number of rotatable bonds is 6. The highest BCUT2D eigenvalue weighted by molar-refractivity contribution is 6.30. The van der Waals surface area contributed by atoms with Crippen molar-refractivity contribution in [3.8, 4) is 5.69 Å². The van der Waals surface area contributed by atoms with Gasteiger partial charge in [-0.3, -0.25) is 4.79 Å². The van der Waals surface area contributed by atoms with Gasteiger partial charge < -0.3 is 9.67 Å². The lowest BCUT2D eigenvalue weighted by molar-refractivity contribution is -0.136. The second-order valence-corrected chi connectivity index (χ2v) is 8.67. The summed E-state index contributed by atoms with van der Waals surface area (Å²) in [5.74, 6) is -0.638. The molecule has 0 fully saturated rings. The van der Waals surface area contributed by atoms with Gasteiger partial charge in [0.2, 0.25) is 0 Å². The van der Waals surface area contributed by atoms with Crippen LogP contribution in [0.4, 0.5) is 0 Å². The van der Waals surface area contributed by atoms with Crippen molar-refractivity contribution in [2.24, 2.45) is 5.10 Å². The monoisotopic (exact) mass is 471 g/mol. The van der Waals surface area contributed by atoms with Crippen LogP contribution in [0.1, 0.15) is 33.6 Å². The normalized spacial score (nSPS) is 11.7. The van der Waals surface area contributed by atoms with E-state index < -0.39 is 11.5 Å². The predicted molar refractivity (Wildman–Crippen MR) is 137 cm³/mol. The summed E-state index contributed by atoms with van der Waals surface area (Å²) in [4.78, 5) is 13.2. The van der Waals surface area contributed by atoms with E-state index in [1.54, 1.807) is 54.7 Å². The van der Waals surface area contributed by atoms with Crippen molar-refractivity contribution in [2.45, 2.75) is 26.4 Å². The van der Waals surface area contributed by atoms with E-state index in [2.05, 4.69) is 15.1 Å². The first-order valence-corrected chi connectivity index (χ1v) is 11.3. The fourth-order valence-corrected chi connectivity index (χ4v) is 4.31. The van der Waals surface area contributed by atoms with Crippen LogP contribution in [0.2, 0.25) is 5.02 Å². The molecule has 0 radical (unpaired) electrons. The molecule has 0 bridgehead atoms. The van der Waals surface area contributed by atoms with E-state index >= 15 is 0 Å². The molecule has 0 saturated heterocycles. The number of hydrazone groups is 1. The Morgan fingerprint density at radius 2 is 1.53 bits per heavy atom. The van der Waals surface area contributed by atoms with Gasteiger partial charge in [-0.2, -0.15) is 5.10 Å². The number of nitrogens with zero attached hydrogens (tertiary/aromatic N) is 2. The maximum absolute atomic E-state index is 13.2. The maximum atomic E-state index is 13.2. The van der Waals surface area contributed by atoms with Gasteiger partial charge in [-0.25, -0.2) is 5.43 Å². The highest BCUT2D eigenvalue weighted by Gasteiger charge is 2.39. The molecule has 0 saturated carbocycles. The SMILES string of the molecule is Cc1ccc(Cl)cc1-n1c(C)cc(/C=N/NC(=O)C(O)(c2ccccc2)c2ccccc2)c1C. The van der Waals surface area contributed by atoms with Gasteiger partial charge in [0.05, 0.1) is 6.21 Å². The maximum Gasteiger partial charge on any atom is 0.281 e. The average molecular weight is 472 g/mol. The zero-order chi connectivity index (χ0) is 24.3. The highest BCUT2D eigenvalue weighted by Crippen LogP contribution is 2.30. The van der Waals surface area contributed by atoms with Crippen LogP contribution in [-0.4, -0.2) is 21.8 Å². The van der Waals surface area contributed by atoms with E-state index in [9.17, 15) is 9.90 Å². The first-order chi connectivity index (χ1) is 16.3. The van der Waals surface area contributed by atoms with Crippen LogP contribution in [0, 0.1) is 20.8 Å². The second-order valence-electron chi connectivity index (χ2n) is 8.23. The molecule has 4 aromatic rings. The van der Waals surface area contributed by atoms with E-state index in [0.29, 0.717) is 16.1 Å². The Bertz CT molecular complexity index is 1310. The van der Waals surface area contributed by atoms with Crippen LogP contribution in [0.25, 0.3) is 5.69 Å². The van der Waals surface area contributed by atoms with Gasteiger partial charge in [0.15, 0.2) is 5.60 Å². The zero-order valence-electron chi connectivity index (χ0n) is 19.3. The molecule has 2 N–H and O–H groups in total. The van der Waals surface area contributed by atoms with Gasteiger partial charge in [-0.05, 0) is 55.7 Å². The summed E-state index contributed by atoms with van der Waals surface area (Å²) in [5.41, 5.74) is 6.49. The molecule has 3 aromatic carbocycles. The molecular weight excluding hydrogens is 446 g/mol. The standard InChI is InChI=1S/C28H26ClN3O2/c1-19-14-15-25(29)17-26(19)32-20(2)16-22(21(32)3)18-30-31-27(33)28(34,23-10-6-4-7-11-23)24-12-8-5-9-13-24/h4-18,34H,1-3H3,(H,31,33)/b30-18+. The van der Waals surface area contributed by atoms with E-state index in [4.69, 9.17) is 11.6 Å². The summed E-state index contributed by atoms with van der Waals surface area (Å²) >= 11 is 6.23. The largest absolute Gasteiger partial charge is 0.372 e. The Balaban J connectivity index is 1.63. The molecule has 6 heteroatoms. The first-order valence-electron chi connectivity index (χ1n) is 10.9. The van der Waals surface area contributed by atoms with Crippen LogP contribution in [0.15, 0.2) is 90.0 Å². The Labute approximate surface area is 204 Å². The van der Waals surface area contributed by atoms with Gasteiger partial charge in [0, 0.05) is 27.7 Å². The number of hydrogen-bond donors (Lipinski definition) is 2. The van der Waals surface area contributed by atoms with Gasteiger partial charge >= 0.3 is 0 Å². The molecule has 172 valence electrons. The molecule has 1 amide bonds. The number of aromatic nitrogens is 1. The number of benzene rings is 3. The Morgan fingerprint density at radius 3 is 2.12 bits per heavy atom. The third-order valence-corrected chi connectivity index (χ3v) is 6.20. The van der Waals surface area contributed by atoms with Gasteiger partial charge in [0.1, 0.15) is 0 Å². The molecule has 34 heavy (non-hydrogen) atoms. The number of carbonyl (C=O) groups is 1. The zero-order valence-corrected chi connectivity index (χ0v) is 20.0. The van der Waals surface area contributed by atoms with Crippen LogP contribution in [0.3, 0.4) is 0 Å². The highest BCUT2D eigenvalue weighted by atomic mass is 35.5. The van der Waals surface area contributed by atoms with Crippen molar-refractivity contribution in [3.05, 3.63) is 124 Å². The summed E-state index contributed by atoms with van der Waals surface area (Å²) in [6, 6.07) is 25.5. The van der Waals surface area contributed by atoms with Gasteiger partial charge in [-0.1, -0.05) is 78.3 Å². The number of nitrogens with one attached hydrogen (secondary N) is 1. The lowest BCUT2D eigenvalue weighted by atomic mass is 9.85. The third-order valence-electron chi connectivity index (χ3n) is 5.96. The Kier molecular flexibility index (Phi) is 6.68. The van der Waals surface area contributed by atoms with Crippen molar-refractivity contribution in [1.82, 2.24) is 9.99 Å². The summed E-state index contributed by atoms with van der Waals surface area (Å²) in [5, 5.41) is 16.4. The number of halogens is 1. The number of aliphatic hydroxyl groups is 1. The minimum atomic E-state index is -1.88. The van der Waals surface area contributed by atoms with Crippen LogP contribution in [0.5, 0.6) is 0 Å². The molecule has 0 aliphatic heterocycles. The Morgan fingerprint density at radius 1 is 0.941 bits per heavy atom. The number of hydrogen-bond acceptors (Lipinski definition) is 3. The molecule has 1 heterocycles. The lowest BCUT2D eigenvalue weighted by Gasteiger charge is -2.27. The summed E-state index contributed by atoms with van der Waals surface area (Å²) in [7, 11) is 0. The van der Waals surface area contributed by atoms with Crippen molar-refractivity contribution in [1.29, 1.82) is 0 Å². The number of carbonyl (C=O) groups excluding carboxylic acids is 1. The molecule has 4 rings (SSSR count). The molecule has 0 atom stereocenters. The Hall–Kier alpha value is -3.67. The minimum absolute atomic E-state index is 0.462. The van der Waals surface area contributed by atoms with Crippen LogP contribution >= 0.6 is 11.6 Å². The van der Waals surface area contributed by atoms with E-state index in [-0.39, 0.29) is 0 Å². The molecule has 0 aliphatic carbocycles.